The number of hydrogen-bond donors (Lipinski definition) is 4. The lowest BCUT2D eigenvalue weighted by Gasteiger charge is -2.34. The number of aromatic nitrogens is 2. The summed E-state index contributed by atoms with van der Waals surface area (Å²) in [7, 11) is 2.11. The van der Waals surface area contributed by atoms with Crippen molar-refractivity contribution in [2.45, 2.75) is 6.42 Å². The number of rotatable bonds is 9. The van der Waals surface area contributed by atoms with E-state index < -0.39 is 11.5 Å². The fourth-order valence-electron chi connectivity index (χ4n) is 3.82. The first-order chi connectivity index (χ1) is 17.0. The summed E-state index contributed by atoms with van der Waals surface area (Å²) < 4.78 is 5.69. The maximum atomic E-state index is 13.1. The number of likely N-dealkylation sites (N-methyl/N-ethyl adjacent to an activating group) is 1. The molecule has 35 heavy (non-hydrogen) atoms. The molecule has 10 heteroatoms. The number of pyridine rings is 2. The largest absolute Gasteiger partial charge is 0.491 e. The van der Waals surface area contributed by atoms with Gasteiger partial charge in [-0.2, -0.15) is 0 Å². The molecule has 1 fully saturated rings. The highest BCUT2D eigenvalue weighted by Crippen LogP contribution is 2.28. The number of carbonyl (C=O) groups excluding carboxylic acids is 1. The van der Waals surface area contributed by atoms with Gasteiger partial charge in [-0.1, -0.05) is 0 Å². The molecule has 1 amide bonds. The van der Waals surface area contributed by atoms with Crippen LogP contribution in [0.5, 0.6) is 5.75 Å². The molecule has 3 heterocycles. The number of carbonyl (C=O) groups is 1. The van der Waals surface area contributed by atoms with Crippen molar-refractivity contribution in [3.05, 3.63) is 70.9 Å². The van der Waals surface area contributed by atoms with Crippen LogP contribution in [0.25, 0.3) is 0 Å². The van der Waals surface area contributed by atoms with Crippen LogP contribution in [-0.2, 0) is 0 Å². The SMILES string of the molecule is CN1CCN(c2ccc(NC(=O)c3c(Nc4cnccc4OCCCO)cc[nH]c3=O)cc2)CC1. The van der Waals surface area contributed by atoms with E-state index in [-0.39, 0.29) is 12.2 Å². The number of anilines is 4. The molecule has 184 valence electrons. The Balaban J connectivity index is 1.49. The van der Waals surface area contributed by atoms with Crippen LogP contribution < -0.4 is 25.8 Å². The topological polar surface area (TPSA) is 123 Å². The lowest BCUT2D eigenvalue weighted by Crippen LogP contribution is -2.44. The first-order valence-corrected chi connectivity index (χ1v) is 11.6. The summed E-state index contributed by atoms with van der Waals surface area (Å²) >= 11 is 0. The van der Waals surface area contributed by atoms with Crippen molar-refractivity contribution in [3.8, 4) is 5.75 Å². The van der Waals surface area contributed by atoms with Gasteiger partial charge in [0.25, 0.3) is 11.5 Å². The molecular formula is C25H30N6O4. The number of amides is 1. The molecule has 2 aromatic heterocycles. The predicted octanol–water partition coefficient (Wildman–Crippen LogP) is 2.28. The van der Waals surface area contributed by atoms with Crippen LogP contribution in [0.3, 0.4) is 0 Å². The molecule has 0 aliphatic carbocycles. The van der Waals surface area contributed by atoms with Gasteiger partial charge in [0.15, 0.2) is 0 Å². The van der Waals surface area contributed by atoms with Crippen LogP contribution >= 0.6 is 0 Å². The van der Waals surface area contributed by atoms with Gasteiger partial charge < -0.3 is 35.3 Å². The number of hydrogen-bond acceptors (Lipinski definition) is 8. The number of piperazine rings is 1. The van der Waals surface area contributed by atoms with E-state index in [0.29, 0.717) is 35.8 Å². The Morgan fingerprint density at radius 2 is 1.89 bits per heavy atom. The van der Waals surface area contributed by atoms with Crippen LogP contribution in [0, 0.1) is 0 Å². The summed E-state index contributed by atoms with van der Waals surface area (Å²) in [5.41, 5.74) is 1.94. The number of nitrogens with zero attached hydrogens (tertiary/aromatic N) is 3. The number of aromatic amines is 1. The number of aliphatic hydroxyl groups is 1. The lowest BCUT2D eigenvalue weighted by molar-refractivity contribution is 0.102. The van der Waals surface area contributed by atoms with Crippen molar-refractivity contribution in [2.75, 3.05) is 62.0 Å². The second-order valence-electron chi connectivity index (χ2n) is 8.31. The maximum absolute atomic E-state index is 13.1. The third-order valence-corrected chi connectivity index (χ3v) is 5.79. The molecular weight excluding hydrogens is 448 g/mol. The summed E-state index contributed by atoms with van der Waals surface area (Å²) in [4.78, 5) is 37.0. The van der Waals surface area contributed by atoms with Crippen molar-refractivity contribution >= 4 is 28.7 Å². The minimum absolute atomic E-state index is 0.0164. The zero-order valence-corrected chi connectivity index (χ0v) is 19.7. The van der Waals surface area contributed by atoms with Gasteiger partial charge in [-0.05, 0) is 37.4 Å². The van der Waals surface area contributed by atoms with Crippen LogP contribution in [0.2, 0.25) is 0 Å². The Bertz CT molecular complexity index is 1190. The van der Waals surface area contributed by atoms with Crippen molar-refractivity contribution in [1.82, 2.24) is 14.9 Å². The van der Waals surface area contributed by atoms with Gasteiger partial charge in [-0.15, -0.1) is 0 Å². The molecule has 10 nitrogen and oxygen atoms in total. The van der Waals surface area contributed by atoms with Crippen molar-refractivity contribution < 1.29 is 14.6 Å². The number of ether oxygens (including phenoxy) is 1. The fourth-order valence-corrected chi connectivity index (χ4v) is 3.82. The molecule has 0 saturated carbocycles. The summed E-state index contributed by atoms with van der Waals surface area (Å²) in [6, 6.07) is 10.9. The summed E-state index contributed by atoms with van der Waals surface area (Å²) in [5, 5.41) is 14.9. The summed E-state index contributed by atoms with van der Waals surface area (Å²) in [6.45, 7) is 4.27. The molecule has 4 N–H and O–H groups in total. The minimum Gasteiger partial charge on any atom is -0.491 e. The average molecular weight is 479 g/mol. The van der Waals surface area contributed by atoms with Crippen LogP contribution in [-0.4, -0.2) is 72.3 Å². The highest BCUT2D eigenvalue weighted by molar-refractivity contribution is 6.08. The molecule has 0 radical (unpaired) electrons. The van der Waals surface area contributed by atoms with E-state index in [0.717, 1.165) is 31.9 Å². The smallest absolute Gasteiger partial charge is 0.263 e. The second-order valence-corrected chi connectivity index (χ2v) is 8.31. The number of benzene rings is 1. The molecule has 4 rings (SSSR count). The molecule has 3 aromatic rings. The first kappa shape index (κ1) is 24.2. The molecule has 1 saturated heterocycles. The van der Waals surface area contributed by atoms with Gasteiger partial charge in [0.1, 0.15) is 11.3 Å². The Morgan fingerprint density at radius 3 is 2.63 bits per heavy atom. The van der Waals surface area contributed by atoms with E-state index in [4.69, 9.17) is 9.84 Å². The highest BCUT2D eigenvalue weighted by atomic mass is 16.5. The van der Waals surface area contributed by atoms with E-state index in [1.54, 1.807) is 24.5 Å². The summed E-state index contributed by atoms with van der Waals surface area (Å²) in [5.74, 6) is -0.0343. The van der Waals surface area contributed by atoms with E-state index in [1.807, 2.05) is 24.3 Å². The minimum atomic E-state index is -0.534. The Kier molecular flexibility index (Phi) is 7.96. The molecule has 0 bridgehead atoms. The summed E-state index contributed by atoms with van der Waals surface area (Å²) in [6.07, 6.45) is 5.08. The molecule has 1 aliphatic heterocycles. The standard InChI is InChI=1S/C25H30N6O4/c1-30-11-13-31(14-12-30)19-5-3-18(4-6-19)28-25(34)23-20(7-10-27-24(23)33)29-21-17-26-9-8-22(21)35-16-2-15-32/h3-10,17,32H,2,11-16H2,1H3,(H,28,34)(H2,27,29,33). The molecule has 0 spiro atoms. The Morgan fingerprint density at radius 1 is 1.11 bits per heavy atom. The van der Waals surface area contributed by atoms with Crippen LogP contribution in [0.15, 0.2) is 59.8 Å². The van der Waals surface area contributed by atoms with E-state index in [1.165, 1.54) is 6.20 Å². The predicted molar refractivity (Wildman–Crippen MR) is 136 cm³/mol. The number of nitrogens with one attached hydrogen (secondary N) is 3. The van der Waals surface area contributed by atoms with E-state index in [2.05, 4.69) is 37.4 Å². The van der Waals surface area contributed by atoms with Gasteiger partial charge in [0, 0.05) is 69.0 Å². The fraction of sp³-hybridized carbons (Fsp3) is 0.320. The van der Waals surface area contributed by atoms with Gasteiger partial charge in [-0.25, -0.2) is 0 Å². The molecule has 1 aromatic carbocycles. The average Bonchev–Trinajstić information content (AvgIpc) is 2.86. The molecule has 0 atom stereocenters. The molecule has 0 unspecified atom stereocenters. The lowest BCUT2D eigenvalue weighted by atomic mass is 10.2. The van der Waals surface area contributed by atoms with Crippen LogP contribution in [0.1, 0.15) is 16.8 Å². The van der Waals surface area contributed by atoms with Crippen molar-refractivity contribution in [1.29, 1.82) is 0 Å². The van der Waals surface area contributed by atoms with E-state index >= 15 is 0 Å². The molecule has 1 aliphatic rings. The zero-order valence-electron chi connectivity index (χ0n) is 19.7. The van der Waals surface area contributed by atoms with Crippen molar-refractivity contribution in [2.24, 2.45) is 0 Å². The first-order valence-electron chi connectivity index (χ1n) is 11.6. The van der Waals surface area contributed by atoms with Gasteiger partial charge in [0.2, 0.25) is 0 Å². The van der Waals surface area contributed by atoms with Gasteiger partial charge >= 0.3 is 0 Å². The second kappa shape index (κ2) is 11.5. The van der Waals surface area contributed by atoms with Crippen molar-refractivity contribution in [3.63, 3.8) is 0 Å². The highest BCUT2D eigenvalue weighted by Gasteiger charge is 2.19. The van der Waals surface area contributed by atoms with E-state index in [9.17, 15) is 9.59 Å². The van der Waals surface area contributed by atoms with Gasteiger partial charge in [-0.3, -0.25) is 14.6 Å². The maximum Gasteiger partial charge on any atom is 0.263 e. The number of aliphatic hydroxyl groups excluding tert-OH is 1. The Labute approximate surface area is 203 Å². The van der Waals surface area contributed by atoms with Crippen LogP contribution in [0.4, 0.5) is 22.7 Å². The quantitative estimate of drug-likeness (QED) is 0.346. The third kappa shape index (κ3) is 6.17. The number of H-pyrrole nitrogens is 1. The third-order valence-electron chi connectivity index (χ3n) is 5.79. The normalized spacial score (nSPS) is 13.9. The monoisotopic (exact) mass is 478 g/mol. The zero-order chi connectivity index (χ0) is 24.6. The Hall–Kier alpha value is -3.89. The van der Waals surface area contributed by atoms with Gasteiger partial charge in [0.05, 0.1) is 24.2 Å².